The number of ether oxygens (including phenoxy) is 1. The predicted octanol–water partition coefficient (Wildman–Crippen LogP) is 3.54. The summed E-state index contributed by atoms with van der Waals surface area (Å²) in [5.74, 6) is 0.883. The Bertz CT molecular complexity index is 397. The van der Waals surface area contributed by atoms with Crippen LogP contribution in [-0.2, 0) is 0 Å². The van der Waals surface area contributed by atoms with Crippen molar-refractivity contribution in [3.63, 3.8) is 0 Å². The monoisotopic (exact) mass is 235 g/mol. The number of nitrogens with zero attached hydrogens (tertiary/aromatic N) is 1. The minimum absolute atomic E-state index is 0.122. The van der Waals surface area contributed by atoms with E-state index in [1.165, 1.54) is 0 Å². The van der Waals surface area contributed by atoms with Gasteiger partial charge in [0.25, 0.3) is 0 Å². The lowest BCUT2D eigenvalue weighted by Gasteiger charge is -2.25. The molecule has 1 aliphatic heterocycles. The van der Waals surface area contributed by atoms with E-state index in [-0.39, 0.29) is 5.50 Å². The highest BCUT2D eigenvalue weighted by molar-refractivity contribution is 6.23. The Kier molecular flexibility index (Phi) is 3.52. The van der Waals surface area contributed by atoms with Crippen molar-refractivity contribution >= 4 is 17.3 Å². The molecule has 0 aromatic heterocycles. The van der Waals surface area contributed by atoms with Crippen LogP contribution in [0.15, 0.2) is 48.7 Å². The van der Waals surface area contributed by atoms with Gasteiger partial charge in [-0.25, -0.2) is 0 Å². The Morgan fingerprint density at radius 1 is 1.25 bits per heavy atom. The topological polar surface area (TPSA) is 12.5 Å². The molecule has 1 unspecified atom stereocenters. The fraction of sp³-hybridized carbons (Fsp3) is 0.231. The van der Waals surface area contributed by atoms with Gasteiger partial charge in [0, 0.05) is 11.9 Å². The van der Waals surface area contributed by atoms with Gasteiger partial charge in [-0.1, -0.05) is 17.7 Å². The predicted molar refractivity (Wildman–Crippen MR) is 68.0 cm³/mol. The fourth-order valence-electron chi connectivity index (χ4n) is 1.58. The summed E-state index contributed by atoms with van der Waals surface area (Å²) in [6, 6.07) is 7.91. The Morgan fingerprint density at radius 2 is 2.00 bits per heavy atom. The average Bonchev–Trinajstić information content (AvgIpc) is 2.31. The highest BCUT2D eigenvalue weighted by atomic mass is 35.5. The van der Waals surface area contributed by atoms with Crippen molar-refractivity contribution in [2.24, 2.45) is 0 Å². The molecule has 16 heavy (non-hydrogen) atoms. The molecule has 0 radical (unpaired) electrons. The van der Waals surface area contributed by atoms with Crippen LogP contribution in [0.25, 0.3) is 0 Å². The zero-order valence-corrected chi connectivity index (χ0v) is 9.89. The molecule has 0 saturated carbocycles. The molecule has 1 aromatic carbocycles. The lowest BCUT2D eigenvalue weighted by molar-refractivity contribution is 0.340. The summed E-state index contributed by atoms with van der Waals surface area (Å²) in [5.41, 5.74) is 0.937. The van der Waals surface area contributed by atoms with Gasteiger partial charge in [0.2, 0.25) is 0 Å². The van der Waals surface area contributed by atoms with Crippen molar-refractivity contribution in [1.29, 1.82) is 0 Å². The van der Waals surface area contributed by atoms with Crippen molar-refractivity contribution < 1.29 is 4.74 Å². The maximum absolute atomic E-state index is 6.17. The number of alkyl halides is 1. The summed E-state index contributed by atoms with van der Waals surface area (Å²) in [6.07, 6.45) is 7.82. The quantitative estimate of drug-likeness (QED) is 0.587. The zero-order chi connectivity index (χ0) is 11.4. The molecule has 2 nitrogen and oxygen atoms in total. The van der Waals surface area contributed by atoms with Crippen LogP contribution in [0.2, 0.25) is 0 Å². The van der Waals surface area contributed by atoms with Crippen molar-refractivity contribution in [2.75, 3.05) is 11.5 Å². The van der Waals surface area contributed by atoms with E-state index in [0.717, 1.165) is 11.4 Å². The molecule has 3 heteroatoms. The van der Waals surface area contributed by atoms with E-state index >= 15 is 0 Å². The first kappa shape index (κ1) is 11.1. The van der Waals surface area contributed by atoms with Crippen molar-refractivity contribution in [1.82, 2.24) is 0 Å². The van der Waals surface area contributed by atoms with Crippen LogP contribution < -0.4 is 9.64 Å². The first-order valence-electron chi connectivity index (χ1n) is 5.31. The summed E-state index contributed by atoms with van der Waals surface area (Å²) >= 11 is 6.17. The van der Waals surface area contributed by atoms with Crippen molar-refractivity contribution in [3.8, 4) is 5.75 Å². The minimum atomic E-state index is -0.122. The van der Waals surface area contributed by atoms with Crippen LogP contribution in [0.5, 0.6) is 5.75 Å². The molecule has 0 aliphatic carbocycles. The van der Waals surface area contributed by atoms with Crippen molar-refractivity contribution in [3.05, 3.63) is 48.7 Å². The third-order valence-corrected chi connectivity index (χ3v) is 2.70. The summed E-state index contributed by atoms with van der Waals surface area (Å²) in [6.45, 7) is 2.66. The molecule has 1 aliphatic rings. The first-order chi connectivity index (χ1) is 7.81. The van der Waals surface area contributed by atoms with E-state index in [1.54, 1.807) is 0 Å². The maximum Gasteiger partial charge on any atom is 0.127 e. The van der Waals surface area contributed by atoms with E-state index in [9.17, 15) is 0 Å². The standard InChI is InChI=1S/C13H14ClNO/c1-2-16-12-8-6-11(7-9-12)15-10-4-3-5-13(15)14/h3-10,13H,2H2,1H3. The van der Waals surface area contributed by atoms with Crippen LogP contribution in [0.1, 0.15) is 6.92 Å². The number of hydrogen-bond acceptors (Lipinski definition) is 2. The molecule has 2 rings (SSSR count). The van der Waals surface area contributed by atoms with Gasteiger partial charge in [0.15, 0.2) is 0 Å². The second-order valence-corrected chi connectivity index (χ2v) is 3.88. The van der Waals surface area contributed by atoms with Gasteiger partial charge < -0.3 is 9.64 Å². The van der Waals surface area contributed by atoms with Crippen molar-refractivity contribution in [2.45, 2.75) is 12.4 Å². The van der Waals surface area contributed by atoms with Crippen LogP contribution in [-0.4, -0.2) is 12.1 Å². The Morgan fingerprint density at radius 3 is 2.62 bits per heavy atom. The minimum Gasteiger partial charge on any atom is -0.494 e. The fourth-order valence-corrected chi connectivity index (χ4v) is 1.84. The van der Waals surface area contributed by atoms with E-state index in [4.69, 9.17) is 16.3 Å². The summed E-state index contributed by atoms with van der Waals surface area (Å²) in [7, 11) is 0. The largest absolute Gasteiger partial charge is 0.494 e. The molecule has 0 bridgehead atoms. The molecular formula is C13H14ClNO. The number of rotatable bonds is 3. The Hall–Kier alpha value is -1.41. The van der Waals surface area contributed by atoms with Crippen LogP contribution >= 0.6 is 11.6 Å². The molecule has 0 saturated heterocycles. The molecule has 0 fully saturated rings. The number of benzene rings is 1. The molecule has 0 spiro atoms. The molecule has 1 aromatic rings. The van der Waals surface area contributed by atoms with E-state index in [2.05, 4.69) is 0 Å². The third kappa shape index (κ3) is 2.39. The summed E-state index contributed by atoms with van der Waals surface area (Å²) in [4.78, 5) is 2.00. The summed E-state index contributed by atoms with van der Waals surface area (Å²) in [5, 5.41) is 0. The number of anilines is 1. The smallest absolute Gasteiger partial charge is 0.127 e. The lowest BCUT2D eigenvalue weighted by atomic mass is 10.2. The van der Waals surface area contributed by atoms with E-state index in [0.29, 0.717) is 6.61 Å². The van der Waals surface area contributed by atoms with Gasteiger partial charge in [-0.15, -0.1) is 0 Å². The molecule has 0 N–H and O–H groups in total. The normalized spacial score (nSPS) is 18.9. The molecular weight excluding hydrogens is 222 g/mol. The first-order valence-corrected chi connectivity index (χ1v) is 5.75. The van der Waals surface area contributed by atoms with Crippen LogP contribution in [0.4, 0.5) is 5.69 Å². The number of halogens is 1. The highest BCUT2D eigenvalue weighted by Crippen LogP contribution is 2.25. The SMILES string of the molecule is CCOc1ccc(N2C=CC=CC2Cl)cc1. The molecule has 1 heterocycles. The molecule has 84 valence electrons. The summed E-state index contributed by atoms with van der Waals surface area (Å²) < 4.78 is 5.39. The Labute approximate surface area is 101 Å². The third-order valence-electron chi connectivity index (χ3n) is 2.34. The van der Waals surface area contributed by atoms with Gasteiger partial charge in [0.1, 0.15) is 11.3 Å². The van der Waals surface area contributed by atoms with Gasteiger partial charge in [-0.3, -0.25) is 0 Å². The van der Waals surface area contributed by atoms with Crippen LogP contribution in [0, 0.1) is 0 Å². The van der Waals surface area contributed by atoms with Gasteiger partial charge in [0.05, 0.1) is 6.61 Å². The highest BCUT2D eigenvalue weighted by Gasteiger charge is 2.12. The van der Waals surface area contributed by atoms with Crippen LogP contribution in [0.3, 0.4) is 0 Å². The van der Waals surface area contributed by atoms with Gasteiger partial charge in [-0.2, -0.15) is 0 Å². The number of allylic oxidation sites excluding steroid dienone is 2. The number of hydrogen-bond donors (Lipinski definition) is 0. The van der Waals surface area contributed by atoms with E-state index < -0.39 is 0 Å². The second-order valence-electron chi connectivity index (χ2n) is 3.43. The maximum atomic E-state index is 6.17. The average molecular weight is 236 g/mol. The van der Waals surface area contributed by atoms with Gasteiger partial charge >= 0.3 is 0 Å². The molecule has 1 atom stereocenters. The molecule has 0 amide bonds. The lowest BCUT2D eigenvalue weighted by Crippen LogP contribution is -2.25. The van der Waals surface area contributed by atoms with Gasteiger partial charge in [-0.05, 0) is 43.3 Å². The second kappa shape index (κ2) is 5.08. The Balaban J connectivity index is 2.15. The zero-order valence-electron chi connectivity index (χ0n) is 9.14. The van der Waals surface area contributed by atoms with E-state index in [1.807, 2.05) is 60.5 Å².